The molecule has 2 heterocycles. The van der Waals surface area contributed by atoms with Crippen molar-refractivity contribution in [2.75, 3.05) is 59.7 Å². The van der Waals surface area contributed by atoms with Crippen LogP contribution < -0.4 is 10.6 Å². The molecule has 146 valence electrons. The lowest BCUT2D eigenvalue weighted by Crippen LogP contribution is -2.58. The van der Waals surface area contributed by atoms with Gasteiger partial charge in [0, 0.05) is 52.1 Å². The van der Waals surface area contributed by atoms with Crippen molar-refractivity contribution in [2.24, 2.45) is 4.99 Å². The summed E-state index contributed by atoms with van der Waals surface area (Å²) in [5.74, 6) is 0.902. The fourth-order valence-electron chi connectivity index (χ4n) is 3.75. The van der Waals surface area contributed by atoms with E-state index in [1.54, 1.807) is 0 Å². The molecule has 0 aromatic rings. The molecule has 0 unspecified atom stereocenters. The van der Waals surface area contributed by atoms with Crippen molar-refractivity contribution in [1.29, 1.82) is 0 Å². The van der Waals surface area contributed by atoms with E-state index in [2.05, 4.69) is 27.4 Å². The number of nitrogens with one attached hydrogen (secondary N) is 2. The number of nitrogens with zero attached hydrogens (tertiary/aromatic N) is 2. The summed E-state index contributed by atoms with van der Waals surface area (Å²) in [5.41, 5.74) is 0.232. The molecule has 2 fully saturated rings. The first-order chi connectivity index (χ1) is 12.3. The maximum Gasteiger partial charge on any atom is 0.191 e. The standard InChI is InChI=1S/C19H38N4O2/c1-3-4-13-24-14-7-10-21-18(20-2)22-17-19(8-15-25-16-9-19)23-11-5-6-12-23/h3-17H2,1-2H3,(H2,20,21,22). The van der Waals surface area contributed by atoms with E-state index in [4.69, 9.17) is 9.47 Å². The van der Waals surface area contributed by atoms with Crippen LogP contribution in [0.25, 0.3) is 0 Å². The summed E-state index contributed by atoms with van der Waals surface area (Å²) < 4.78 is 11.2. The molecule has 0 spiro atoms. The second-order valence-electron chi connectivity index (χ2n) is 7.20. The SMILES string of the molecule is CCCCOCCCNC(=NC)NCC1(N2CCCC2)CCOCC1. The van der Waals surface area contributed by atoms with Gasteiger partial charge in [-0.25, -0.2) is 0 Å². The highest BCUT2D eigenvalue weighted by Crippen LogP contribution is 2.30. The summed E-state index contributed by atoms with van der Waals surface area (Å²) >= 11 is 0. The summed E-state index contributed by atoms with van der Waals surface area (Å²) in [7, 11) is 1.85. The van der Waals surface area contributed by atoms with Crippen LogP contribution in [0.1, 0.15) is 51.9 Å². The second kappa shape index (κ2) is 11.7. The van der Waals surface area contributed by atoms with Crippen LogP contribution in [-0.4, -0.2) is 76.1 Å². The van der Waals surface area contributed by atoms with Gasteiger partial charge in [0.25, 0.3) is 0 Å². The third kappa shape index (κ3) is 6.76. The number of ether oxygens (including phenoxy) is 2. The van der Waals surface area contributed by atoms with Gasteiger partial charge >= 0.3 is 0 Å². The van der Waals surface area contributed by atoms with Crippen LogP contribution in [-0.2, 0) is 9.47 Å². The van der Waals surface area contributed by atoms with Crippen molar-refractivity contribution < 1.29 is 9.47 Å². The summed E-state index contributed by atoms with van der Waals surface area (Å²) in [4.78, 5) is 7.06. The molecule has 0 aliphatic carbocycles. The molecule has 0 bridgehead atoms. The molecule has 0 amide bonds. The molecule has 2 rings (SSSR count). The second-order valence-corrected chi connectivity index (χ2v) is 7.20. The highest BCUT2D eigenvalue weighted by atomic mass is 16.5. The van der Waals surface area contributed by atoms with Crippen LogP contribution in [0.2, 0.25) is 0 Å². The van der Waals surface area contributed by atoms with E-state index in [1.807, 2.05) is 7.05 Å². The number of likely N-dealkylation sites (tertiary alicyclic amines) is 1. The van der Waals surface area contributed by atoms with Crippen LogP contribution >= 0.6 is 0 Å². The first-order valence-corrected chi connectivity index (χ1v) is 10.2. The fourth-order valence-corrected chi connectivity index (χ4v) is 3.75. The van der Waals surface area contributed by atoms with Crippen LogP contribution in [0.3, 0.4) is 0 Å². The number of hydrogen-bond acceptors (Lipinski definition) is 4. The predicted octanol–water partition coefficient (Wildman–Crippen LogP) is 2.00. The Labute approximate surface area is 153 Å². The average Bonchev–Trinajstić information content (AvgIpc) is 3.19. The molecule has 6 nitrogen and oxygen atoms in total. The van der Waals surface area contributed by atoms with Crippen molar-refractivity contribution >= 4 is 5.96 Å². The molecule has 0 radical (unpaired) electrons. The van der Waals surface area contributed by atoms with Crippen LogP contribution in [0.15, 0.2) is 4.99 Å². The number of rotatable bonds is 10. The predicted molar refractivity (Wildman–Crippen MR) is 103 cm³/mol. The molecule has 6 heteroatoms. The number of hydrogen-bond donors (Lipinski definition) is 2. The molecule has 2 aliphatic heterocycles. The normalized spacial score (nSPS) is 21.4. The Morgan fingerprint density at radius 2 is 1.84 bits per heavy atom. The summed E-state index contributed by atoms with van der Waals surface area (Å²) in [6.45, 7) is 9.93. The molecule has 2 aliphatic rings. The van der Waals surface area contributed by atoms with Crippen molar-refractivity contribution in [3.8, 4) is 0 Å². The maximum absolute atomic E-state index is 5.62. The van der Waals surface area contributed by atoms with Crippen molar-refractivity contribution in [1.82, 2.24) is 15.5 Å². The van der Waals surface area contributed by atoms with Crippen LogP contribution in [0.5, 0.6) is 0 Å². The molecule has 25 heavy (non-hydrogen) atoms. The molecular weight excluding hydrogens is 316 g/mol. The van der Waals surface area contributed by atoms with Crippen molar-refractivity contribution in [3.63, 3.8) is 0 Å². The summed E-state index contributed by atoms with van der Waals surface area (Å²) in [6, 6.07) is 0. The fraction of sp³-hybridized carbons (Fsp3) is 0.947. The maximum atomic E-state index is 5.62. The molecule has 2 N–H and O–H groups in total. The van der Waals surface area contributed by atoms with E-state index in [0.29, 0.717) is 0 Å². The van der Waals surface area contributed by atoms with Gasteiger partial charge in [0.1, 0.15) is 0 Å². The largest absolute Gasteiger partial charge is 0.381 e. The van der Waals surface area contributed by atoms with Gasteiger partial charge in [-0.15, -0.1) is 0 Å². The van der Waals surface area contributed by atoms with Crippen LogP contribution in [0.4, 0.5) is 0 Å². The molecule has 0 saturated carbocycles. The van der Waals surface area contributed by atoms with E-state index in [9.17, 15) is 0 Å². The molecule has 0 aromatic heterocycles. The van der Waals surface area contributed by atoms with Gasteiger partial charge in [-0.05, 0) is 51.6 Å². The minimum atomic E-state index is 0.232. The Morgan fingerprint density at radius 3 is 2.52 bits per heavy atom. The Balaban J connectivity index is 1.70. The average molecular weight is 355 g/mol. The van der Waals surface area contributed by atoms with Crippen molar-refractivity contribution in [2.45, 2.75) is 57.4 Å². The third-order valence-corrected chi connectivity index (χ3v) is 5.41. The molecular formula is C19H38N4O2. The Hall–Kier alpha value is -0.850. The zero-order valence-electron chi connectivity index (χ0n) is 16.3. The topological polar surface area (TPSA) is 58.1 Å². The van der Waals surface area contributed by atoms with Gasteiger partial charge in [-0.2, -0.15) is 0 Å². The Morgan fingerprint density at radius 1 is 1.12 bits per heavy atom. The van der Waals surface area contributed by atoms with E-state index in [-0.39, 0.29) is 5.54 Å². The van der Waals surface area contributed by atoms with E-state index in [0.717, 1.165) is 71.2 Å². The van der Waals surface area contributed by atoms with Gasteiger partial charge in [-0.1, -0.05) is 13.3 Å². The van der Waals surface area contributed by atoms with E-state index >= 15 is 0 Å². The minimum absolute atomic E-state index is 0.232. The lowest BCUT2D eigenvalue weighted by atomic mass is 9.88. The van der Waals surface area contributed by atoms with Crippen molar-refractivity contribution in [3.05, 3.63) is 0 Å². The van der Waals surface area contributed by atoms with E-state index < -0.39 is 0 Å². The van der Waals surface area contributed by atoms with Gasteiger partial charge in [0.2, 0.25) is 0 Å². The summed E-state index contributed by atoms with van der Waals surface area (Å²) in [6.07, 6.45) is 8.23. The lowest BCUT2D eigenvalue weighted by Gasteiger charge is -2.45. The third-order valence-electron chi connectivity index (χ3n) is 5.41. The summed E-state index contributed by atoms with van der Waals surface area (Å²) in [5, 5.41) is 6.99. The monoisotopic (exact) mass is 354 g/mol. The first kappa shape index (κ1) is 20.5. The molecule has 2 saturated heterocycles. The van der Waals surface area contributed by atoms with E-state index in [1.165, 1.54) is 32.4 Å². The number of unbranched alkanes of at least 4 members (excludes halogenated alkanes) is 1. The zero-order valence-corrected chi connectivity index (χ0v) is 16.3. The smallest absolute Gasteiger partial charge is 0.191 e. The highest BCUT2D eigenvalue weighted by molar-refractivity contribution is 5.79. The van der Waals surface area contributed by atoms with Crippen LogP contribution in [0, 0.1) is 0 Å². The lowest BCUT2D eigenvalue weighted by molar-refractivity contribution is -0.0164. The highest BCUT2D eigenvalue weighted by Gasteiger charge is 2.39. The number of guanidine groups is 1. The number of aliphatic imine (C=N–C) groups is 1. The van der Waals surface area contributed by atoms with Gasteiger partial charge in [0.15, 0.2) is 5.96 Å². The van der Waals surface area contributed by atoms with Gasteiger partial charge < -0.3 is 20.1 Å². The Bertz CT molecular complexity index is 378. The Kier molecular flexibility index (Phi) is 9.58. The quantitative estimate of drug-likeness (QED) is 0.357. The molecule has 0 aromatic carbocycles. The molecule has 0 atom stereocenters. The zero-order chi connectivity index (χ0) is 17.8. The minimum Gasteiger partial charge on any atom is -0.381 e. The van der Waals surface area contributed by atoms with Gasteiger partial charge in [-0.3, -0.25) is 9.89 Å². The van der Waals surface area contributed by atoms with Gasteiger partial charge in [0.05, 0.1) is 0 Å². The first-order valence-electron chi connectivity index (χ1n) is 10.2.